The van der Waals surface area contributed by atoms with Gasteiger partial charge >= 0.3 is 0 Å². The molecule has 0 bridgehead atoms. The molecule has 8 heteroatoms. The zero-order valence-corrected chi connectivity index (χ0v) is 12.6. The van der Waals surface area contributed by atoms with Crippen LogP contribution in [0.5, 0.6) is 0 Å². The van der Waals surface area contributed by atoms with Crippen LogP contribution >= 0.6 is 0 Å². The lowest BCUT2D eigenvalue weighted by Gasteiger charge is -2.06. The molecule has 0 atom stereocenters. The fourth-order valence-electron chi connectivity index (χ4n) is 1.95. The summed E-state index contributed by atoms with van der Waals surface area (Å²) in [5, 5.41) is -0.101. The summed E-state index contributed by atoms with van der Waals surface area (Å²) in [4.78, 5) is 4.03. The van der Waals surface area contributed by atoms with E-state index in [-0.39, 0.29) is 16.4 Å². The van der Waals surface area contributed by atoms with Crippen LogP contribution in [0.3, 0.4) is 0 Å². The number of nitrogens with two attached hydrogens (primary N) is 1. The quantitative estimate of drug-likeness (QED) is 0.828. The smallest absolute Gasteiger partial charge is 0.280 e. The first-order valence-corrected chi connectivity index (χ1v) is 7.93. The third kappa shape index (κ3) is 3.52. The molecule has 0 aliphatic heterocycles. The summed E-state index contributed by atoms with van der Waals surface area (Å²) in [6, 6.07) is 3.51. The number of benzene rings is 1. The number of rotatable bonds is 5. The molecular weight excluding hydrogens is 295 g/mol. The second-order valence-electron chi connectivity index (χ2n) is 4.70. The number of nitrogens with one attached hydrogen (secondary N) is 1. The first kappa shape index (κ1) is 15.3. The first-order chi connectivity index (χ1) is 9.81. The van der Waals surface area contributed by atoms with Crippen LogP contribution in [0.4, 0.5) is 15.8 Å². The van der Waals surface area contributed by atoms with Crippen LogP contribution in [0, 0.1) is 12.7 Å². The minimum atomic E-state index is -3.87. The number of hydrogen-bond acceptors (Lipinski definition) is 4. The van der Waals surface area contributed by atoms with E-state index >= 15 is 0 Å². The van der Waals surface area contributed by atoms with E-state index < -0.39 is 15.8 Å². The minimum absolute atomic E-state index is 0.0650. The Labute approximate surface area is 122 Å². The third-order valence-electron chi connectivity index (χ3n) is 2.87. The minimum Gasteiger partial charge on any atom is -0.399 e. The van der Waals surface area contributed by atoms with Gasteiger partial charge in [0.05, 0.1) is 5.69 Å². The lowest BCUT2D eigenvalue weighted by Crippen LogP contribution is -2.13. The van der Waals surface area contributed by atoms with Crippen LogP contribution in [-0.2, 0) is 16.6 Å². The maximum atomic E-state index is 13.2. The topological polar surface area (TPSA) is 90.0 Å². The molecule has 6 nitrogen and oxygen atoms in total. The average molecular weight is 312 g/mol. The molecular formula is C13H17FN4O2S. The first-order valence-electron chi connectivity index (χ1n) is 6.44. The van der Waals surface area contributed by atoms with Gasteiger partial charge < -0.3 is 10.3 Å². The molecule has 0 radical (unpaired) electrons. The Morgan fingerprint density at radius 1 is 1.38 bits per heavy atom. The molecule has 0 saturated heterocycles. The zero-order chi connectivity index (χ0) is 15.6. The van der Waals surface area contributed by atoms with Crippen LogP contribution < -0.4 is 10.5 Å². The Kier molecular flexibility index (Phi) is 4.17. The number of sulfonamides is 1. The number of nitrogens with zero attached hydrogens (tertiary/aromatic N) is 2. The molecule has 0 aliphatic carbocycles. The summed E-state index contributed by atoms with van der Waals surface area (Å²) in [5.41, 5.74) is 5.69. The van der Waals surface area contributed by atoms with Crippen molar-refractivity contribution in [2.45, 2.75) is 31.8 Å². The molecule has 21 heavy (non-hydrogen) atoms. The standard InChI is InChI=1S/C13H17FN4O2S/c1-3-4-18-8-13(16-9(18)2)21(19,20)17-12-6-10(14)5-11(15)7-12/h5-8,17H,3-4,15H2,1-2H3. The van der Waals surface area contributed by atoms with Gasteiger partial charge in [-0.05, 0) is 31.5 Å². The number of anilines is 2. The maximum absolute atomic E-state index is 13.2. The van der Waals surface area contributed by atoms with Gasteiger partial charge in [-0.2, -0.15) is 8.42 Å². The Hall–Kier alpha value is -2.09. The highest BCUT2D eigenvalue weighted by Crippen LogP contribution is 2.19. The molecule has 2 aromatic rings. The van der Waals surface area contributed by atoms with Gasteiger partial charge in [0.15, 0.2) is 5.03 Å². The van der Waals surface area contributed by atoms with E-state index in [0.29, 0.717) is 12.4 Å². The summed E-state index contributed by atoms with van der Waals surface area (Å²) in [5.74, 6) is -0.00336. The summed E-state index contributed by atoms with van der Waals surface area (Å²) in [6.07, 6.45) is 2.33. The van der Waals surface area contributed by atoms with Gasteiger partial charge in [-0.3, -0.25) is 4.72 Å². The van der Waals surface area contributed by atoms with E-state index in [1.807, 2.05) is 6.92 Å². The molecule has 2 rings (SSSR count). The molecule has 1 heterocycles. The van der Waals surface area contributed by atoms with Gasteiger partial charge in [0.25, 0.3) is 10.0 Å². The number of aryl methyl sites for hydroxylation is 2. The molecule has 0 spiro atoms. The molecule has 0 unspecified atom stereocenters. The molecule has 0 saturated carbocycles. The Balaban J connectivity index is 2.31. The summed E-state index contributed by atoms with van der Waals surface area (Å²) < 4.78 is 41.8. The number of hydrogen-bond donors (Lipinski definition) is 2. The Morgan fingerprint density at radius 3 is 2.71 bits per heavy atom. The van der Waals surface area contributed by atoms with E-state index in [1.54, 1.807) is 11.5 Å². The van der Waals surface area contributed by atoms with Crippen molar-refractivity contribution in [1.82, 2.24) is 9.55 Å². The van der Waals surface area contributed by atoms with E-state index in [4.69, 9.17) is 5.73 Å². The van der Waals surface area contributed by atoms with Gasteiger partial charge in [-0.1, -0.05) is 6.92 Å². The molecule has 1 aromatic carbocycles. The fourth-order valence-corrected chi connectivity index (χ4v) is 3.01. The van der Waals surface area contributed by atoms with Gasteiger partial charge in [0.1, 0.15) is 11.6 Å². The fraction of sp³-hybridized carbons (Fsp3) is 0.308. The highest BCUT2D eigenvalue weighted by Gasteiger charge is 2.19. The zero-order valence-electron chi connectivity index (χ0n) is 11.8. The van der Waals surface area contributed by atoms with Crippen molar-refractivity contribution in [3.63, 3.8) is 0 Å². The maximum Gasteiger partial charge on any atom is 0.280 e. The second-order valence-corrected chi connectivity index (χ2v) is 6.33. The van der Waals surface area contributed by atoms with Gasteiger partial charge in [0.2, 0.25) is 0 Å². The van der Waals surface area contributed by atoms with Crippen molar-refractivity contribution in [3.05, 3.63) is 36.0 Å². The van der Waals surface area contributed by atoms with E-state index in [1.165, 1.54) is 12.3 Å². The molecule has 0 amide bonds. The Morgan fingerprint density at radius 2 is 2.10 bits per heavy atom. The van der Waals surface area contributed by atoms with Crippen molar-refractivity contribution in [2.75, 3.05) is 10.5 Å². The summed E-state index contributed by atoms with van der Waals surface area (Å²) in [6.45, 7) is 4.40. The van der Waals surface area contributed by atoms with E-state index in [0.717, 1.165) is 18.6 Å². The third-order valence-corrected chi connectivity index (χ3v) is 4.12. The Bertz CT molecular complexity index is 735. The SMILES string of the molecule is CCCn1cc(S(=O)(=O)Nc2cc(N)cc(F)c2)nc1C. The van der Waals surface area contributed by atoms with Crippen molar-refractivity contribution in [2.24, 2.45) is 0 Å². The second kappa shape index (κ2) is 5.72. The lowest BCUT2D eigenvalue weighted by molar-refractivity contribution is 0.597. The highest BCUT2D eigenvalue weighted by molar-refractivity contribution is 7.92. The van der Waals surface area contributed by atoms with Crippen LogP contribution in [0.1, 0.15) is 19.2 Å². The molecule has 3 N–H and O–H groups in total. The molecule has 0 fully saturated rings. The monoisotopic (exact) mass is 312 g/mol. The number of aromatic nitrogens is 2. The van der Waals surface area contributed by atoms with E-state index in [2.05, 4.69) is 9.71 Å². The predicted octanol–water partition coefficient (Wildman–Crippen LogP) is 2.12. The van der Waals surface area contributed by atoms with E-state index in [9.17, 15) is 12.8 Å². The van der Waals surface area contributed by atoms with Crippen molar-refractivity contribution >= 4 is 21.4 Å². The number of imidazole rings is 1. The van der Waals surface area contributed by atoms with Crippen LogP contribution in [-0.4, -0.2) is 18.0 Å². The number of nitrogen functional groups attached to an aromatic ring is 1. The molecule has 1 aromatic heterocycles. The average Bonchev–Trinajstić information content (AvgIpc) is 2.70. The van der Waals surface area contributed by atoms with Gasteiger partial charge in [-0.15, -0.1) is 0 Å². The molecule has 0 aliphatic rings. The van der Waals surface area contributed by atoms with Crippen LogP contribution in [0.15, 0.2) is 29.4 Å². The van der Waals surface area contributed by atoms with Gasteiger partial charge in [-0.25, -0.2) is 9.37 Å². The largest absolute Gasteiger partial charge is 0.399 e. The molecule has 114 valence electrons. The predicted molar refractivity (Wildman–Crippen MR) is 78.9 cm³/mol. The summed E-state index contributed by atoms with van der Waals surface area (Å²) in [7, 11) is -3.87. The van der Waals surface area contributed by atoms with Crippen molar-refractivity contribution in [3.8, 4) is 0 Å². The summed E-state index contributed by atoms with van der Waals surface area (Å²) >= 11 is 0. The lowest BCUT2D eigenvalue weighted by atomic mass is 10.3. The normalized spacial score (nSPS) is 11.6. The number of halogens is 1. The van der Waals surface area contributed by atoms with Crippen molar-refractivity contribution < 1.29 is 12.8 Å². The van der Waals surface area contributed by atoms with Crippen molar-refractivity contribution in [1.29, 1.82) is 0 Å². The van der Waals surface area contributed by atoms with Crippen LogP contribution in [0.25, 0.3) is 0 Å². The highest BCUT2D eigenvalue weighted by atomic mass is 32.2. The van der Waals surface area contributed by atoms with Crippen LogP contribution in [0.2, 0.25) is 0 Å². The van der Waals surface area contributed by atoms with Gasteiger partial charge in [0, 0.05) is 18.4 Å².